The molecule has 0 aliphatic rings. The lowest BCUT2D eigenvalue weighted by Crippen LogP contribution is -2.01. The van der Waals surface area contributed by atoms with Crippen LogP contribution in [0.4, 0.5) is 8.78 Å². The first-order chi connectivity index (χ1) is 6.49. The maximum Gasteiger partial charge on any atom is 0.298 e. The molecule has 0 N–H and O–H groups in total. The van der Waals surface area contributed by atoms with Crippen LogP contribution in [0.1, 0.15) is 5.56 Å². The van der Waals surface area contributed by atoms with E-state index in [0.717, 1.165) is 0 Å². The normalized spacial score (nSPS) is 11.9. The Morgan fingerprint density at radius 2 is 1.79 bits per heavy atom. The lowest BCUT2D eigenvalue weighted by molar-refractivity contribution is 0.254. The number of rotatable bonds is 4. The Morgan fingerprint density at radius 1 is 1.21 bits per heavy atom. The fourth-order valence-corrected chi connectivity index (χ4v) is 3.09. The number of halogens is 2. The molecule has 0 heterocycles. The largest absolute Gasteiger partial charge is 0.298 e. The molecule has 0 saturated carbocycles. The Labute approximate surface area is 84.6 Å². The van der Waals surface area contributed by atoms with Crippen molar-refractivity contribution in [2.45, 2.75) is 11.5 Å². The molecule has 1 rings (SSSR count). The van der Waals surface area contributed by atoms with E-state index in [1.807, 2.05) is 0 Å². The molecule has 14 heavy (non-hydrogen) atoms. The van der Waals surface area contributed by atoms with Crippen LogP contribution in [0.2, 0.25) is 0 Å². The SMILES string of the molecule is O=S(=O)(Cc1ccccc1)SC(F)F. The van der Waals surface area contributed by atoms with Crippen LogP contribution in [0.25, 0.3) is 0 Å². The zero-order chi connectivity index (χ0) is 10.6. The number of alkyl halides is 2. The van der Waals surface area contributed by atoms with Gasteiger partial charge in [-0.3, -0.25) is 0 Å². The molecular weight excluding hydrogens is 230 g/mol. The van der Waals surface area contributed by atoms with E-state index < -0.39 is 14.6 Å². The van der Waals surface area contributed by atoms with Gasteiger partial charge in [0.15, 0.2) is 0 Å². The molecule has 0 radical (unpaired) electrons. The zero-order valence-electron chi connectivity index (χ0n) is 7.06. The van der Waals surface area contributed by atoms with E-state index in [0.29, 0.717) is 5.56 Å². The van der Waals surface area contributed by atoms with Crippen LogP contribution in [0.5, 0.6) is 0 Å². The van der Waals surface area contributed by atoms with Crippen LogP contribution in [-0.4, -0.2) is 14.2 Å². The average molecular weight is 238 g/mol. The first-order valence-corrected chi connectivity index (χ1v) is 6.77. The van der Waals surface area contributed by atoms with E-state index in [9.17, 15) is 17.2 Å². The topological polar surface area (TPSA) is 34.1 Å². The standard InChI is InChI=1S/C8H8F2O2S2/c9-8(10)13-14(11,12)6-7-4-2-1-3-5-7/h1-5,8H,6H2. The summed E-state index contributed by atoms with van der Waals surface area (Å²) in [5.74, 6) is -3.24. The molecule has 0 aliphatic heterocycles. The lowest BCUT2D eigenvalue weighted by atomic mass is 10.2. The summed E-state index contributed by atoms with van der Waals surface area (Å²) >= 11 is 0. The van der Waals surface area contributed by atoms with Gasteiger partial charge in [0.1, 0.15) is 0 Å². The van der Waals surface area contributed by atoms with Crippen molar-refractivity contribution in [3.05, 3.63) is 35.9 Å². The molecular formula is C8H8F2O2S2. The highest BCUT2D eigenvalue weighted by atomic mass is 33.1. The van der Waals surface area contributed by atoms with Crippen molar-refractivity contribution in [1.82, 2.24) is 0 Å². The monoisotopic (exact) mass is 238 g/mol. The van der Waals surface area contributed by atoms with Gasteiger partial charge in [0.05, 0.1) is 5.75 Å². The molecule has 0 unspecified atom stereocenters. The van der Waals surface area contributed by atoms with E-state index in [2.05, 4.69) is 0 Å². The van der Waals surface area contributed by atoms with Gasteiger partial charge in [-0.25, -0.2) is 8.42 Å². The van der Waals surface area contributed by atoms with Crippen molar-refractivity contribution in [1.29, 1.82) is 0 Å². The van der Waals surface area contributed by atoms with Crippen LogP contribution < -0.4 is 0 Å². The summed E-state index contributed by atoms with van der Waals surface area (Å²) in [5, 5.41) is 0. The number of hydrogen-bond donors (Lipinski definition) is 0. The van der Waals surface area contributed by atoms with Gasteiger partial charge in [-0.15, -0.1) is 0 Å². The summed E-state index contributed by atoms with van der Waals surface area (Å²) in [6.07, 6.45) is 0. The fraction of sp³-hybridized carbons (Fsp3) is 0.250. The van der Waals surface area contributed by atoms with E-state index in [4.69, 9.17) is 0 Å². The van der Waals surface area contributed by atoms with Gasteiger partial charge in [-0.1, -0.05) is 30.3 Å². The van der Waals surface area contributed by atoms with Crippen molar-refractivity contribution in [3.63, 3.8) is 0 Å². The summed E-state index contributed by atoms with van der Waals surface area (Å²) in [6, 6.07) is 8.24. The highest BCUT2D eigenvalue weighted by molar-refractivity contribution is 8.71. The summed E-state index contributed by atoms with van der Waals surface area (Å²) in [6.45, 7) is 0. The number of benzene rings is 1. The number of hydrogen-bond acceptors (Lipinski definition) is 3. The minimum absolute atomic E-state index is 0.310. The molecule has 0 bridgehead atoms. The van der Waals surface area contributed by atoms with Crippen LogP contribution in [0.15, 0.2) is 30.3 Å². The maximum atomic E-state index is 11.8. The molecule has 0 aliphatic carbocycles. The van der Waals surface area contributed by atoms with Crippen molar-refractivity contribution >= 4 is 19.7 Å². The maximum absolute atomic E-state index is 11.8. The Kier molecular flexibility index (Phi) is 3.88. The molecule has 1 aromatic rings. The third-order valence-corrected chi connectivity index (χ3v) is 4.20. The van der Waals surface area contributed by atoms with E-state index in [-0.39, 0.29) is 16.5 Å². The molecule has 0 saturated heterocycles. The van der Waals surface area contributed by atoms with Crippen LogP contribution in [0.3, 0.4) is 0 Å². The van der Waals surface area contributed by atoms with E-state index >= 15 is 0 Å². The molecule has 0 amide bonds. The highest BCUT2D eigenvalue weighted by Gasteiger charge is 2.19. The molecule has 0 fully saturated rings. The minimum Gasteiger partial charge on any atom is -0.217 e. The van der Waals surface area contributed by atoms with Crippen molar-refractivity contribution in [2.75, 3.05) is 0 Å². The van der Waals surface area contributed by atoms with Gasteiger partial charge < -0.3 is 0 Å². The first kappa shape index (κ1) is 11.5. The Morgan fingerprint density at radius 3 is 2.29 bits per heavy atom. The van der Waals surface area contributed by atoms with Crippen LogP contribution >= 0.6 is 10.8 Å². The van der Waals surface area contributed by atoms with E-state index in [1.54, 1.807) is 30.3 Å². The second kappa shape index (κ2) is 4.75. The second-order valence-corrected chi connectivity index (χ2v) is 6.60. The smallest absolute Gasteiger partial charge is 0.217 e. The minimum atomic E-state index is -3.77. The van der Waals surface area contributed by atoms with Gasteiger partial charge in [-0.05, 0) is 5.56 Å². The second-order valence-electron chi connectivity index (χ2n) is 2.54. The van der Waals surface area contributed by atoms with Gasteiger partial charge >= 0.3 is 0 Å². The summed E-state index contributed by atoms with van der Waals surface area (Å²) in [7, 11) is -4.08. The predicted octanol–water partition coefficient (Wildman–Crippen LogP) is 2.47. The molecule has 0 atom stereocenters. The van der Waals surface area contributed by atoms with Crippen molar-refractivity contribution in [2.24, 2.45) is 0 Å². The summed E-state index contributed by atoms with van der Waals surface area (Å²) in [5.41, 5.74) is 0.514. The average Bonchev–Trinajstić information content (AvgIpc) is 2.02. The van der Waals surface area contributed by atoms with Crippen molar-refractivity contribution < 1.29 is 17.2 Å². The lowest BCUT2D eigenvalue weighted by Gasteiger charge is -2.02. The van der Waals surface area contributed by atoms with Crippen LogP contribution in [0, 0.1) is 0 Å². The van der Waals surface area contributed by atoms with Crippen LogP contribution in [-0.2, 0) is 14.6 Å². The quantitative estimate of drug-likeness (QED) is 0.756. The Balaban J connectivity index is 2.70. The first-order valence-electron chi connectivity index (χ1n) is 3.73. The fourth-order valence-electron chi connectivity index (χ4n) is 0.923. The zero-order valence-corrected chi connectivity index (χ0v) is 8.69. The Bertz CT molecular complexity index is 376. The molecule has 1 aromatic carbocycles. The molecule has 6 heteroatoms. The highest BCUT2D eigenvalue weighted by Crippen LogP contribution is 2.24. The Hall–Kier alpha value is -0.620. The molecule has 0 aromatic heterocycles. The molecule has 2 nitrogen and oxygen atoms in total. The third kappa shape index (κ3) is 4.06. The molecule has 78 valence electrons. The third-order valence-electron chi connectivity index (χ3n) is 1.41. The van der Waals surface area contributed by atoms with E-state index in [1.165, 1.54) is 0 Å². The van der Waals surface area contributed by atoms with Gasteiger partial charge in [-0.2, -0.15) is 8.78 Å². The summed E-state index contributed by atoms with van der Waals surface area (Å²) in [4.78, 5) is 0. The van der Waals surface area contributed by atoms with Gasteiger partial charge in [0.2, 0.25) is 8.87 Å². The van der Waals surface area contributed by atoms with Gasteiger partial charge in [0.25, 0.3) is 5.76 Å². The predicted molar refractivity (Wildman–Crippen MR) is 52.7 cm³/mol. The van der Waals surface area contributed by atoms with Crippen molar-refractivity contribution in [3.8, 4) is 0 Å². The molecule has 0 spiro atoms. The van der Waals surface area contributed by atoms with Gasteiger partial charge in [0, 0.05) is 10.8 Å². The summed E-state index contributed by atoms with van der Waals surface area (Å²) < 4.78 is 45.8.